The van der Waals surface area contributed by atoms with Gasteiger partial charge in [-0.25, -0.2) is 8.78 Å². The maximum Gasteiger partial charge on any atom is 0.300 e. The molecule has 5 heteroatoms. The third-order valence-electron chi connectivity index (χ3n) is 1.27. The van der Waals surface area contributed by atoms with Crippen LogP contribution in [0.25, 0.3) is 5.76 Å². The number of allylic oxidation sites excluding steroid dienone is 1. The fourth-order valence-corrected chi connectivity index (χ4v) is 1.33. The molecule has 0 aliphatic carbocycles. The molecule has 0 atom stereocenters. The topological polar surface area (TPSA) is 37.3 Å². The molecule has 0 spiro atoms. The molecular weight excluding hydrogens is 198 g/mol. The summed E-state index contributed by atoms with van der Waals surface area (Å²) in [6.07, 6.45) is -2.53. The molecular formula is C8H6F2O2S. The van der Waals surface area contributed by atoms with Gasteiger partial charge in [0, 0.05) is 6.08 Å². The summed E-state index contributed by atoms with van der Waals surface area (Å²) in [5.74, 6) is -1.80. The molecule has 0 unspecified atom stereocenters. The first kappa shape index (κ1) is 9.85. The normalized spacial score (nSPS) is 12.1. The second-order valence-corrected chi connectivity index (χ2v) is 3.16. The third kappa shape index (κ3) is 2.62. The SMILES string of the molecule is O=C(/C=C(\O)c1cccs1)C(F)F. The quantitative estimate of drug-likeness (QED) is 0.606. The van der Waals surface area contributed by atoms with Crippen LogP contribution in [0.1, 0.15) is 4.88 Å². The van der Waals surface area contributed by atoms with Crippen molar-refractivity contribution in [2.75, 3.05) is 0 Å². The van der Waals surface area contributed by atoms with Gasteiger partial charge in [-0.05, 0) is 11.4 Å². The Morgan fingerprint density at radius 1 is 1.62 bits per heavy atom. The van der Waals surface area contributed by atoms with E-state index < -0.39 is 18.0 Å². The monoisotopic (exact) mass is 204 g/mol. The average molecular weight is 204 g/mol. The number of thiophene rings is 1. The molecule has 0 aliphatic heterocycles. The summed E-state index contributed by atoms with van der Waals surface area (Å²) in [6, 6.07) is 3.19. The first-order chi connectivity index (χ1) is 6.11. The van der Waals surface area contributed by atoms with E-state index in [-0.39, 0.29) is 0 Å². The summed E-state index contributed by atoms with van der Waals surface area (Å²) < 4.78 is 23.5. The Morgan fingerprint density at radius 2 is 2.31 bits per heavy atom. The molecule has 1 aromatic heterocycles. The number of hydrogen-bond donors (Lipinski definition) is 1. The van der Waals surface area contributed by atoms with Crippen molar-refractivity contribution in [2.24, 2.45) is 0 Å². The predicted octanol–water partition coefficient (Wildman–Crippen LogP) is 2.48. The van der Waals surface area contributed by atoms with Crippen molar-refractivity contribution in [1.82, 2.24) is 0 Å². The first-order valence-corrected chi connectivity index (χ1v) is 4.26. The maximum atomic E-state index is 11.7. The highest BCUT2D eigenvalue weighted by atomic mass is 32.1. The van der Waals surface area contributed by atoms with Crippen LogP contribution >= 0.6 is 11.3 Å². The van der Waals surface area contributed by atoms with E-state index in [9.17, 15) is 13.6 Å². The number of hydrogen-bond acceptors (Lipinski definition) is 3. The Morgan fingerprint density at radius 3 is 2.77 bits per heavy atom. The van der Waals surface area contributed by atoms with Crippen molar-refractivity contribution in [3.05, 3.63) is 28.5 Å². The lowest BCUT2D eigenvalue weighted by Gasteiger charge is -1.94. The van der Waals surface area contributed by atoms with Gasteiger partial charge in [0.05, 0.1) is 4.88 Å². The number of rotatable bonds is 3. The van der Waals surface area contributed by atoms with E-state index in [1.807, 2.05) is 0 Å². The molecule has 1 heterocycles. The number of carbonyl (C=O) groups excluding carboxylic acids is 1. The Balaban J connectivity index is 2.78. The minimum atomic E-state index is -3.07. The molecule has 0 radical (unpaired) electrons. The first-order valence-electron chi connectivity index (χ1n) is 3.38. The highest BCUT2D eigenvalue weighted by Gasteiger charge is 2.13. The maximum absolute atomic E-state index is 11.7. The molecule has 0 amide bonds. The number of carbonyl (C=O) groups is 1. The van der Waals surface area contributed by atoms with Crippen molar-refractivity contribution in [2.45, 2.75) is 6.43 Å². The molecule has 0 aromatic carbocycles. The van der Waals surface area contributed by atoms with Gasteiger partial charge in [0.15, 0.2) is 0 Å². The number of aliphatic hydroxyl groups excluding tert-OH is 1. The highest BCUT2D eigenvalue weighted by Crippen LogP contribution is 2.17. The van der Waals surface area contributed by atoms with Crippen LogP contribution < -0.4 is 0 Å². The van der Waals surface area contributed by atoms with E-state index in [2.05, 4.69) is 0 Å². The highest BCUT2D eigenvalue weighted by molar-refractivity contribution is 7.11. The Hall–Kier alpha value is -1.23. The zero-order valence-corrected chi connectivity index (χ0v) is 7.22. The van der Waals surface area contributed by atoms with Crippen molar-refractivity contribution >= 4 is 22.9 Å². The molecule has 2 nitrogen and oxygen atoms in total. The average Bonchev–Trinajstić information content (AvgIpc) is 2.55. The van der Waals surface area contributed by atoms with E-state index in [1.165, 1.54) is 17.4 Å². The van der Waals surface area contributed by atoms with Crippen molar-refractivity contribution < 1.29 is 18.7 Å². The van der Waals surface area contributed by atoms with E-state index in [0.717, 1.165) is 0 Å². The second kappa shape index (κ2) is 4.13. The van der Waals surface area contributed by atoms with Gasteiger partial charge in [-0.15, -0.1) is 11.3 Å². The number of halogens is 2. The van der Waals surface area contributed by atoms with E-state index >= 15 is 0 Å². The van der Waals surface area contributed by atoms with Gasteiger partial charge in [0.2, 0.25) is 5.78 Å². The number of ketones is 1. The van der Waals surface area contributed by atoms with E-state index in [1.54, 1.807) is 11.4 Å². The van der Waals surface area contributed by atoms with Crippen LogP contribution in [0.2, 0.25) is 0 Å². The molecule has 1 rings (SSSR count). The molecule has 13 heavy (non-hydrogen) atoms. The molecule has 0 fully saturated rings. The Kier molecular flexibility index (Phi) is 3.13. The largest absolute Gasteiger partial charge is 0.506 e. The minimum Gasteiger partial charge on any atom is -0.506 e. The number of alkyl halides is 2. The van der Waals surface area contributed by atoms with Crippen LogP contribution in [-0.2, 0) is 4.79 Å². The Labute approximate surface area is 77.1 Å². The molecule has 0 bridgehead atoms. The molecule has 1 aromatic rings. The van der Waals surface area contributed by atoms with Crippen LogP contribution in [0.15, 0.2) is 23.6 Å². The Bertz CT molecular complexity index is 317. The summed E-state index contributed by atoms with van der Waals surface area (Å²) in [5, 5.41) is 10.8. The summed E-state index contributed by atoms with van der Waals surface area (Å²) >= 11 is 1.17. The van der Waals surface area contributed by atoms with Crippen LogP contribution in [-0.4, -0.2) is 17.3 Å². The van der Waals surface area contributed by atoms with Crippen molar-refractivity contribution in [1.29, 1.82) is 0 Å². The summed E-state index contributed by atoms with van der Waals surface area (Å²) in [7, 11) is 0. The minimum absolute atomic E-state index is 0.397. The zero-order chi connectivity index (χ0) is 9.84. The fourth-order valence-electron chi connectivity index (χ4n) is 0.693. The van der Waals surface area contributed by atoms with Crippen LogP contribution in [0, 0.1) is 0 Å². The van der Waals surface area contributed by atoms with Crippen LogP contribution in [0.4, 0.5) is 8.78 Å². The smallest absolute Gasteiger partial charge is 0.300 e. The van der Waals surface area contributed by atoms with Gasteiger partial charge >= 0.3 is 0 Å². The summed E-state index contributed by atoms with van der Waals surface area (Å²) in [4.78, 5) is 10.9. The van der Waals surface area contributed by atoms with Gasteiger partial charge in [-0.1, -0.05) is 6.07 Å². The van der Waals surface area contributed by atoms with Crippen molar-refractivity contribution in [3.63, 3.8) is 0 Å². The zero-order valence-electron chi connectivity index (χ0n) is 6.41. The number of aliphatic hydroxyl groups is 1. The second-order valence-electron chi connectivity index (χ2n) is 2.21. The summed E-state index contributed by atoms with van der Waals surface area (Å²) in [6.45, 7) is 0. The van der Waals surface area contributed by atoms with Crippen LogP contribution in [0.5, 0.6) is 0 Å². The molecule has 70 valence electrons. The lowest BCUT2D eigenvalue weighted by Crippen LogP contribution is -2.06. The van der Waals surface area contributed by atoms with E-state index in [4.69, 9.17) is 5.11 Å². The molecule has 1 N–H and O–H groups in total. The molecule has 0 saturated heterocycles. The molecule has 0 aliphatic rings. The van der Waals surface area contributed by atoms with Gasteiger partial charge in [0.25, 0.3) is 6.43 Å². The van der Waals surface area contributed by atoms with Crippen molar-refractivity contribution in [3.8, 4) is 0 Å². The standard InChI is InChI=1S/C8H6F2O2S/c9-8(10)6(12)4-5(11)7-2-1-3-13-7/h1-4,8,11H/b5-4-. The lowest BCUT2D eigenvalue weighted by molar-refractivity contribution is -0.124. The summed E-state index contributed by atoms with van der Waals surface area (Å²) in [5.41, 5.74) is 0. The third-order valence-corrected chi connectivity index (χ3v) is 2.16. The molecule has 0 saturated carbocycles. The fraction of sp³-hybridized carbons (Fsp3) is 0.125. The van der Waals surface area contributed by atoms with Gasteiger partial charge in [-0.2, -0.15) is 0 Å². The lowest BCUT2D eigenvalue weighted by atomic mass is 10.3. The van der Waals surface area contributed by atoms with Gasteiger partial charge in [0.1, 0.15) is 5.76 Å². The van der Waals surface area contributed by atoms with Crippen LogP contribution in [0.3, 0.4) is 0 Å². The van der Waals surface area contributed by atoms with Gasteiger partial charge in [-0.3, -0.25) is 4.79 Å². The predicted molar refractivity (Wildman–Crippen MR) is 45.9 cm³/mol. The van der Waals surface area contributed by atoms with Gasteiger partial charge < -0.3 is 5.11 Å². The van der Waals surface area contributed by atoms with E-state index in [0.29, 0.717) is 11.0 Å².